The number of nitrogens with one attached hydrogen (secondary N) is 2. The van der Waals surface area contributed by atoms with Gasteiger partial charge in [0.25, 0.3) is 5.91 Å². The summed E-state index contributed by atoms with van der Waals surface area (Å²) < 4.78 is 26.5. The maximum absolute atomic E-state index is 12.6. The van der Waals surface area contributed by atoms with Crippen molar-refractivity contribution in [2.45, 2.75) is 38.0 Å². The summed E-state index contributed by atoms with van der Waals surface area (Å²) in [5.41, 5.74) is 0.532. The van der Waals surface area contributed by atoms with Gasteiger partial charge in [-0.3, -0.25) is 4.79 Å². The largest absolute Gasteiger partial charge is 0.327 e. The SMILES string of the molecule is CCN(CC)S(=O)(=O)c1cccc(NC(=O)C[NH+]2CCCCC2)c1. The molecule has 0 spiro atoms. The molecule has 0 saturated carbocycles. The summed E-state index contributed by atoms with van der Waals surface area (Å²) >= 11 is 0. The molecule has 0 bridgehead atoms. The minimum absolute atomic E-state index is 0.0655. The fourth-order valence-corrected chi connectivity index (χ4v) is 4.61. The second kappa shape index (κ2) is 8.60. The van der Waals surface area contributed by atoms with Gasteiger partial charge in [-0.1, -0.05) is 19.9 Å². The molecule has 7 heteroatoms. The molecule has 1 heterocycles. The van der Waals surface area contributed by atoms with Crippen LogP contribution in [0.4, 0.5) is 5.69 Å². The van der Waals surface area contributed by atoms with E-state index in [0.717, 1.165) is 13.1 Å². The van der Waals surface area contributed by atoms with Gasteiger partial charge in [0.05, 0.1) is 18.0 Å². The standard InChI is InChI=1S/C17H27N3O3S/c1-3-20(4-2)24(22,23)16-10-8-9-15(13-16)18-17(21)14-19-11-6-5-7-12-19/h8-10,13H,3-7,11-12,14H2,1-2H3,(H,18,21)/p+1. The van der Waals surface area contributed by atoms with E-state index in [9.17, 15) is 13.2 Å². The lowest BCUT2D eigenvalue weighted by Crippen LogP contribution is -3.13. The van der Waals surface area contributed by atoms with Crippen LogP contribution in [0.5, 0.6) is 0 Å². The Bertz CT molecular complexity index is 651. The highest BCUT2D eigenvalue weighted by molar-refractivity contribution is 7.89. The van der Waals surface area contributed by atoms with E-state index in [1.54, 1.807) is 18.2 Å². The van der Waals surface area contributed by atoms with Crippen LogP contribution in [0, 0.1) is 0 Å². The molecular weight excluding hydrogens is 326 g/mol. The van der Waals surface area contributed by atoms with Crippen molar-refractivity contribution < 1.29 is 18.1 Å². The van der Waals surface area contributed by atoms with Crippen molar-refractivity contribution in [2.75, 3.05) is 38.0 Å². The number of carbonyl (C=O) groups excluding carboxylic acids is 1. The van der Waals surface area contributed by atoms with Crippen LogP contribution in [0.1, 0.15) is 33.1 Å². The van der Waals surface area contributed by atoms with Crippen molar-refractivity contribution in [1.29, 1.82) is 0 Å². The van der Waals surface area contributed by atoms with Crippen molar-refractivity contribution >= 4 is 21.6 Å². The lowest BCUT2D eigenvalue weighted by molar-refractivity contribution is -0.896. The predicted octanol–water partition coefficient (Wildman–Crippen LogP) is 0.724. The Morgan fingerprint density at radius 3 is 2.46 bits per heavy atom. The third kappa shape index (κ3) is 4.78. The molecule has 1 aliphatic heterocycles. The molecule has 24 heavy (non-hydrogen) atoms. The number of sulfonamides is 1. The molecule has 0 radical (unpaired) electrons. The molecule has 1 aliphatic rings. The maximum atomic E-state index is 12.6. The molecule has 0 aromatic heterocycles. The summed E-state index contributed by atoms with van der Waals surface area (Å²) in [5.74, 6) is -0.0655. The Kier molecular flexibility index (Phi) is 6.77. The molecule has 0 aliphatic carbocycles. The van der Waals surface area contributed by atoms with E-state index in [4.69, 9.17) is 0 Å². The zero-order valence-corrected chi connectivity index (χ0v) is 15.4. The first kappa shape index (κ1) is 18.9. The average Bonchev–Trinajstić information content (AvgIpc) is 2.56. The molecule has 134 valence electrons. The van der Waals surface area contributed by atoms with Crippen molar-refractivity contribution in [3.05, 3.63) is 24.3 Å². The smallest absolute Gasteiger partial charge is 0.279 e. The molecular formula is C17H28N3O3S+. The highest BCUT2D eigenvalue weighted by Gasteiger charge is 2.22. The number of amides is 1. The van der Waals surface area contributed by atoms with E-state index in [1.807, 2.05) is 13.8 Å². The summed E-state index contributed by atoms with van der Waals surface area (Å²) in [5, 5.41) is 2.83. The fraction of sp³-hybridized carbons (Fsp3) is 0.588. The van der Waals surface area contributed by atoms with E-state index < -0.39 is 10.0 Å². The first-order chi connectivity index (χ1) is 11.5. The predicted molar refractivity (Wildman–Crippen MR) is 94.6 cm³/mol. The number of anilines is 1. The number of hydrogen-bond acceptors (Lipinski definition) is 3. The number of benzene rings is 1. The minimum Gasteiger partial charge on any atom is -0.327 e. The molecule has 1 amide bonds. The number of carbonyl (C=O) groups is 1. The van der Waals surface area contributed by atoms with Crippen LogP contribution in [-0.4, -0.2) is 51.4 Å². The van der Waals surface area contributed by atoms with E-state index in [2.05, 4.69) is 5.32 Å². The highest BCUT2D eigenvalue weighted by atomic mass is 32.2. The van der Waals surface area contributed by atoms with Gasteiger partial charge in [-0.25, -0.2) is 8.42 Å². The van der Waals surface area contributed by atoms with Crippen molar-refractivity contribution in [3.8, 4) is 0 Å². The van der Waals surface area contributed by atoms with Crippen LogP contribution in [0.2, 0.25) is 0 Å². The Morgan fingerprint density at radius 1 is 1.17 bits per heavy atom. The summed E-state index contributed by atoms with van der Waals surface area (Å²) in [6, 6.07) is 6.50. The van der Waals surface area contributed by atoms with Gasteiger partial charge >= 0.3 is 0 Å². The number of piperidine rings is 1. The van der Waals surface area contributed by atoms with Crippen LogP contribution in [0.15, 0.2) is 29.2 Å². The van der Waals surface area contributed by atoms with Gasteiger partial charge in [0.15, 0.2) is 6.54 Å². The number of nitrogens with zero attached hydrogens (tertiary/aromatic N) is 1. The topological polar surface area (TPSA) is 70.9 Å². The molecule has 0 atom stereocenters. The maximum Gasteiger partial charge on any atom is 0.279 e. The molecule has 6 nitrogen and oxygen atoms in total. The van der Waals surface area contributed by atoms with Gasteiger partial charge < -0.3 is 10.2 Å². The Morgan fingerprint density at radius 2 is 1.83 bits per heavy atom. The normalized spacial score (nSPS) is 16.3. The van der Waals surface area contributed by atoms with Crippen molar-refractivity contribution in [2.24, 2.45) is 0 Å². The third-order valence-electron chi connectivity index (χ3n) is 4.43. The first-order valence-electron chi connectivity index (χ1n) is 8.71. The minimum atomic E-state index is -3.51. The zero-order valence-electron chi connectivity index (χ0n) is 14.5. The summed E-state index contributed by atoms with van der Waals surface area (Å²) in [4.78, 5) is 13.7. The number of likely N-dealkylation sites (tertiary alicyclic amines) is 1. The quantitative estimate of drug-likeness (QED) is 0.758. The zero-order chi connectivity index (χ0) is 17.6. The van der Waals surface area contributed by atoms with Gasteiger partial charge in [0.2, 0.25) is 10.0 Å². The van der Waals surface area contributed by atoms with Crippen molar-refractivity contribution in [1.82, 2.24) is 4.31 Å². The first-order valence-corrected chi connectivity index (χ1v) is 10.1. The van der Waals surface area contributed by atoms with Gasteiger partial charge in [-0.15, -0.1) is 0 Å². The second-order valence-electron chi connectivity index (χ2n) is 6.15. The molecule has 1 fully saturated rings. The molecule has 2 rings (SSSR count). The van der Waals surface area contributed by atoms with Crippen LogP contribution in [0.3, 0.4) is 0 Å². The van der Waals surface area contributed by atoms with Crippen LogP contribution < -0.4 is 10.2 Å². The summed E-state index contributed by atoms with van der Waals surface area (Å²) in [6.07, 6.45) is 3.58. The lowest BCUT2D eigenvalue weighted by atomic mass is 10.1. The monoisotopic (exact) mass is 354 g/mol. The number of hydrogen-bond donors (Lipinski definition) is 2. The number of rotatable bonds is 7. The highest BCUT2D eigenvalue weighted by Crippen LogP contribution is 2.19. The molecule has 0 unspecified atom stereocenters. The molecule has 1 aromatic carbocycles. The van der Waals surface area contributed by atoms with Gasteiger partial charge in [-0.05, 0) is 37.5 Å². The third-order valence-corrected chi connectivity index (χ3v) is 6.48. The number of quaternary nitrogens is 1. The van der Waals surface area contributed by atoms with Gasteiger partial charge in [-0.2, -0.15) is 4.31 Å². The Balaban J connectivity index is 2.05. The summed E-state index contributed by atoms with van der Waals surface area (Å²) in [6.45, 7) is 6.98. The second-order valence-corrected chi connectivity index (χ2v) is 8.09. The van der Waals surface area contributed by atoms with E-state index in [-0.39, 0.29) is 10.8 Å². The summed E-state index contributed by atoms with van der Waals surface area (Å²) in [7, 11) is -3.51. The fourth-order valence-electron chi connectivity index (χ4n) is 3.11. The lowest BCUT2D eigenvalue weighted by Gasteiger charge is -2.23. The van der Waals surface area contributed by atoms with Gasteiger partial charge in [0.1, 0.15) is 0 Å². The van der Waals surface area contributed by atoms with Crippen LogP contribution in [0.25, 0.3) is 0 Å². The van der Waals surface area contributed by atoms with Crippen molar-refractivity contribution in [3.63, 3.8) is 0 Å². The molecule has 1 aromatic rings. The average molecular weight is 354 g/mol. The van der Waals surface area contributed by atoms with Crippen LogP contribution in [-0.2, 0) is 14.8 Å². The molecule has 2 N–H and O–H groups in total. The van der Waals surface area contributed by atoms with E-state index in [0.29, 0.717) is 25.3 Å². The molecule has 1 saturated heterocycles. The Hall–Kier alpha value is -1.44. The van der Waals surface area contributed by atoms with Gasteiger partial charge in [0, 0.05) is 18.8 Å². The van der Waals surface area contributed by atoms with E-state index >= 15 is 0 Å². The van der Waals surface area contributed by atoms with E-state index in [1.165, 1.54) is 34.5 Å². The Labute approximate surface area is 144 Å². The van der Waals surface area contributed by atoms with Crippen LogP contribution >= 0.6 is 0 Å².